The second-order valence-electron chi connectivity index (χ2n) is 6.52. The van der Waals surface area contributed by atoms with Crippen molar-refractivity contribution < 1.29 is 13.2 Å². The molecule has 2 saturated heterocycles. The van der Waals surface area contributed by atoms with Gasteiger partial charge in [0.05, 0.1) is 11.8 Å². The summed E-state index contributed by atoms with van der Waals surface area (Å²) < 4.78 is 37.9. The average Bonchev–Trinajstić information content (AvgIpc) is 3.17. The minimum atomic E-state index is -4.19. The standard InChI is InChI=1S/C15H17F3N4S.ClH/c16-15(17,18)6-10-5-11-12(20-9-21-13(11)23-10)22-4-2-14(8-22)1-3-19-7-14;/h5,9,19H,1-4,6-8H2;1H. The lowest BCUT2D eigenvalue weighted by Crippen LogP contribution is -2.29. The molecule has 0 aromatic carbocycles. The van der Waals surface area contributed by atoms with Crippen LogP contribution in [0.2, 0.25) is 0 Å². The molecule has 2 aromatic heterocycles. The Morgan fingerprint density at radius 3 is 2.83 bits per heavy atom. The van der Waals surface area contributed by atoms with Crippen molar-refractivity contribution in [2.75, 3.05) is 31.1 Å². The van der Waals surface area contributed by atoms with E-state index in [-0.39, 0.29) is 12.4 Å². The molecule has 0 amide bonds. The molecule has 4 heterocycles. The lowest BCUT2D eigenvalue weighted by molar-refractivity contribution is -0.126. The fraction of sp³-hybridized carbons (Fsp3) is 0.600. The van der Waals surface area contributed by atoms with Crippen LogP contribution in [0, 0.1) is 5.41 Å². The van der Waals surface area contributed by atoms with E-state index < -0.39 is 12.6 Å². The van der Waals surface area contributed by atoms with Crippen molar-refractivity contribution in [2.24, 2.45) is 5.41 Å². The monoisotopic (exact) mass is 378 g/mol. The number of aromatic nitrogens is 2. The third kappa shape index (κ3) is 3.32. The molecule has 1 spiro atoms. The zero-order chi connectivity index (χ0) is 16.1. The Balaban J connectivity index is 0.00000169. The Hall–Kier alpha value is -1.12. The molecule has 0 bridgehead atoms. The molecule has 0 radical (unpaired) electrons. The molecule has 1 N–H and O–H groups in total. The maximum atomic E-state index is 12.6. The van der Waals surface area contributed by atoms with Gasteiger partial charge < -0.3 is 10.2 Å². The van der Waals surface area contributed by atoms with Gasteiger partial charge in [-0.05, 0) is 25.5 Å². The molecule has 0 saturated carbocycles. The molecule has 0 aliphatic carbocycles. The number of alkyl halides is 3. The van der Waals surface area contributed by atoms with Crippen molar-refractivity contribution in [1.29, 1.82) is 0 Å². The highest BCUT2D eigenvalue weighted by molar-refractivity contribution is 7.18. The summed E-state index contributed by atoms with van der Waals surface area (Å²) in [6, 6.07) is 1.61. The molecular weight excluding hydrogens is 361 g/mol. The maximum absolute atomic E-state index is 12.6. The second-order valence-corrected chi connectivity index (χ2v) is 7.63. The van der Waals surface area contributed by atoms with E-state index in [2.05, 4.69) is 20.2 Å². The zero-order valence-electron chi connectivity index (χ0n) is 12.9. The number of hydrogen-bond acceptors (Lipinski definition) is 5. The van der Waals surface area contributed by atoms with Gasteiger partial charge in [-0.2, -0.15) is 13.2 Å². The predicted octanol–water partition coefficient (Wildman–Crippen LogP) is 3.41. The van der Waals surface area contributed by atoms with Crippen LogP contribution in [0.1, 0.15) is 17.7 Å². The summed E-state index contributed by atoms with van der Waals surface area (Å²) in [7, 11) is 0. The Labute approximate surface area is 147 Å². The van der Waals surface area contributed by atoms with E-state index in [0.717, 1.165) is 61.6 Å². The summed E-state index contributed by atoms with van der Waals surface area (Å²) in [5, 5.41) is 4.16. The maximum Gasteiger partial charge on any atom is 0.393 e. The SMILES string of the molecule is Cl.FC(F)(F)Cc1cc2c(N3CCC4(CCNC4)C3)ncnc2s1. The lowest BCUT2D eigenvalue weighted by Gasteiger charge is -2.23. The summed E-state index contributed by atoms with van der Waals surface area (Å²) in [4.78, 5) is 11.7. The molecule has 1 unspecified atom stereocenters. The van der Waals surface area contributed by atoms with Gasteiger partial charge in [0.25, 0.3) is 0 Å². The number of nitrogens with one attached hydrogen (secondary N) is 1. The Morgan fingerprint density at radius 2 is 2.12 bits per heavy atom. The molecule has 2 aliphatic heterocycles. The molecule has 2 aliphatic rings. The summed E-state index contributed by atoms with van der Waals surface area (Å²) in [5.41, 5.74) is 0.294. The first-order chi connectivity index (χ1) is 10.9. The van der Waals surface area contributed by atoms with Crippen LogP contribution in [0.5, 0.6) is 0 Å². The summed E-state index contributed by atoms with van der Waals surface area (Å²) in [6.07, 6.45) is -1.38. The minimum absolute atomic E-state index is 0. The topological polar surface area (TPSA) is 41.0 Å². The van der Waals surface area contributed by atoms with Crippen molar-refractivity contribution in [1.82, 2.24) is 15.3 Å². The van der Waals surface area contributed by atoms with Gasteiger partial charge in [0, 0.05) is 29.9 Å². The van der Waals surface area contributed by atoms with Crippen LogP contribution in [0.3, 0.4) is 0 Å². The number of thiophene rings is 1. The normalized spacial score (nSPS) is 24.0. The number of rotatable bonds is 2. The van der Waals surface area contributed by atoms with Crippen molar-refractivity contribution in [3.05, 3.63) is 17.3 Å². The first-order valence-corrected chi connectivity index (χ1v) is 8.52. The van der Waals surface area contributed by atoms with Crippen molar-refractivity contribution >= 4 is 39.8 Å². The molecule has 1 atom stereocenters. The second kappa shape index (κ2) is 6.31. The molecular formula is C15H18ClF3N4S. The summed E-state index contributed by atoms with van der Waals surface area (Å²) >= 11 is 1.11. The van der Waals surface area contributed by atoms with Crippen LogP contribution in [0.4, 0.5) is 19.0 Å². The van der Waals surface area contributed by atoms with Crippen LogP contribution in [0.15, 0.2) is 12.4 Å². The predicted molar refractivity (Wildman–Crippen MR) is 91.2 cm³/mol. The van der Waals surface area contributed by atoms with Crippen LogP contribution in [0.25, 0.3) is 10.2 Å². The van der Waals surface area contributed by atoms with Gasteiger partial charge in [-0.3, -0.25) is 0 Å². The Kier molecular flexibility index (Phi) is 4.65. The molecule has 4 nitrogen and oxygen atoms in total. The lowest BCUT2D eigenvalue weighted by atomic mass is 9.87. The Bertz CT molecular complexity index is 727. The highest BCUT2D eigenvalue weighted by Gasteiger charge is 2.41. The van der Waals surface area contributed by atoms with E-state index in [1.807, 2.05) is 0 Å². The third-order valence-corrected chi connectivity index (χ3v) is 5.85. The Morgan fingerprint density at radius 1 is 1.29 bits per heavy atom. The van der Waals surface area contributed by atoms with E-state index in [1.54, 1.807) is 6.07 Å². The van der Waals surface area contributed by atoms with Gasteiger partial charge in [-0.25, -0.2) is 9.97 Å². The van der Waals surface area contributed by atoms with Crippen LogP contribution < -0.4 is 10.2 Å². The number of anilines is 1. The first kappa shape index (κ1) is 17.7. The molecule has 2 aromatic rings. The van der Waals surface area contributed by atoms with Gasteiger partial charge in [-0.1, -0.05) is 0 Å². The third-order valence-electron chi connectivity index (χ3n) is 4.80. The van der Waals surface area contributed by atoms with Gasteiger partial charge in [0.1, 0.15) is 17.0 Å². The van der Waals surface area contributed by atoms with E-state index in [0.29, 0.717) is 15.1 Å². The number of halogens is 4. The van der Waals surface area contributed by atoms with Crippen LogP contribution in [-0.2, 0) is 6.42 Å². The first-order valence-electron chi connectivity index (χ1n) is 7.70. The van der Waals surface area contributed by atoms with Crippen molar-refractivity contribution in [3.63, 3.8) is 0 Å². The zero-order valence-corrected chi connectivity index (χ0v) is 14.5. The number of nitrogens with zero attached hydrogens (tertiary/aromatic N) is 3. The van der Waals surface area contributed by atoms with E-state index in [9.17, 15) is 13.2 Å². The molecule has 24 heavy (non-hydrogen) atoms. The summed E-state index contributed by atoms with van der Waals surface area (Å²) in [6.45, 7) is 3.87. The van der Waals surface area contributed by atoms with Crippen LogP contribution >= 0.6 is 23.7 Å². The minimum Gasteiger partial charge on any atom is -0.355 e. The highest BCUT2D eigenvalue weighted by atomic mass is 35.5. The molecule has 2 fully saturated rings. The average molecular weight is 379 g/mol. The number of fused-ring (bicyclic) bond motifs is 1. The highest BCUT2D eigenvalue weighted by Crippen LogP contribution is 2.40. The fourth-order valence-electron chi connectivity index (χ4n) is 3.69. The van der Waals surface area contributed by atoms with Crippen LogP contribution in [-0.4, -0.2) is 42.3 Å². The van der Waals surface area contributed by atoms with E-state index in [1.165, 1.54) is 6.33 Å². The largest absolute Gasteiger partial charge is 0.393 e. The van der Waals surface area contributed by atoms with E-state index in [4.69, 9.17) is 0 Å². The molecule has 4 rings (SSSR count). The van der Waals surface area contributed by atoms with Crippen molar-refractivity contribution in [3.8, 4) is 0 Å². The number of hydrogen-bond donors (Lipinski definition) is 1. The van der Waals surface area contributed by atoms with Gasteiger partial charge in [0.2, 0.25) is 0 Å². The van der Waals surface area contributed by atoms with Gasteiger partial charge in [-0.15, -0.1) is 23.7 Å². The van der Waals surface area contributed by atoms with Gasteiger partial charge >= 0.3 is 6.18 Å². The quantitative estimate of drug-likeness (QED) is 0.869. The van der Waals surface area contributed by atoms with Gasteiger partial charge in [0.15, 0.2) is 0 Å². The molecule has 9 heteroatoms. The summed E-state index contributed by atoms with van der Waals surface area (Å²) in [5.74, 6) is 0.781. The van der Waals surface area contributed by atoms with Crippen molar-refractivity contribution in [2.45, 2.75) is 25.4 Å². The smallest absolute Gasteiger partial charge is 0.355 e. The fourth-order valence-corrected chi connectivity index (χ4v) is 4.71. The molecule has 132 valence electrons. The van der Waals surface area contributed by atoms with E-state index >= 15 is 0 Å².